The Balaban J connectivity index is 1.69. The van der Waals surface area contributed by atoms with Gasteiger partial charge in [0.15, 0.2) is 11.0 Å². The molecule has 29 heavy (non-hydrogen) atoms. The molecule has 0 unspecified atom stereocenters. The van der Waals surface area contributed by atoms with E-state index in [9.17, 15) is 4.79 Å². The molecule has 1 aromatic carbocycles. The van der Waals surface area contributed by atoms with Crippen molar-refractivity contribution in [1.82, 2.24) is 14.8 Å². The molecular weight excluding hydrogens is 447 g/mol. The molecule has 0 aliphatic heterocycles. The highest BCUT2D eigenvalue weighted by Gasteiger charge is 2.16. The van der Waals surface area contributed by atoms with Crippen LogP contribution in [0.5, 0.6) is 0 Å². The van der Waals surface area contributed by atoms with Gasteiger partial charge < -0.3 is 9.88 Å². The maximum atomic E-state index is 12.3. The molecule has 0 saturated carbocycles. The Labute approximate surface area is 188 Å². The molecule has 3 rings (SSSR count). The van der Waals surface area contributed by atoms with Crippen molar-refractivity contribution < 1.29 is 4.79 Å². The number of carbonyl (C=O) groups excluding carboxylic acids is 1. The summed E-state index contributed by atoms with van der Waals surface area (Å²) in [5.74, 6) is 0.951. The van der Waals surface area contributed by atoms with E-state index in [0.717, 1.165) is 42.4 Å². The van der Waals surface area contributed by atoms with E-state index >= 15 is 0 Å². The first-order valence-corrected chi connectivity index (χ1v) is 12.0. The van der Waals surface area contributed by atoms with Gasteiger partial charge in [-0.3, -0.25) is 4.79 Å². The van der Waals surface area contributed by atoms with Gasteiger partial charge in [-0.2, -0.15) is 0 Å². The molecule has 0 bridgehead atoms. The van der Waals surface area contributed by atoms with Gasteiger partial charge in [-0.05, 0) is 37.1 Å². The average molecular weight is 469 g/mol. The van der Waals surface area contributed by atoms with Crippen molar-refractivity contribution in [3.05, 3.63) is 44.6 Å². The minimum absolute atomic E-state index is 0.137. The summed E-state index contributed by atoms with van der Waals surface area (Å²) < 4.78 is 2.09. The van der Waals surface area contributed by atoms with Crippen LogP contribution in [0.2, 0.25) is 10.0 Å². The number of hydrogen-bond donors (Lipinski definition) is 1. The van der Waals surface area contributed by atoms with E-state index in [2.05, 4.69) is 45.4 Å². The number of thiophene rings is 1. The number of nitrogens with one attached hydrogen (secondary N) is 1. The molecule has 1 N–H and O–H groups in total. The lowest BCUT2D eigenvalue weighted by Crippen LogP contribution is -2.14. The van der Waals surface area contributed by atoms with Gasteiger partial charge in [-0.25, -0.2) is 0 Å². The molecule has 3 aromatic rings. The van der Waals surface area contributed by atoms with Gasteiger partial charge in [0.25, 0.3) is 0 Å². The molecule has 9 heteroatoms. The Kier molecular flexibility index (Phi) is 8.00. The average Bonchev–Trinajstić information content (AvgIpc) is 3.31. The van der Waals surface area contributed by atoms with Crippen LogP contribution in [0.4, 0.5) is 5.69 Å². The van der Waals surface area contributed by atoms with E-state index in [0.29, 0.717) is 15.7 Å². The topological polar surface area (TPSA) is 59.8 Å². The minimum atomic E-state index is -0.137. The number of hydrogen-bond acceptors (Lipinski definition) is 5. The monoisotopic (exact) mass is 468 g/mol. The van der Waals surface area contributed by atoms with E-state index in [1.54, 1.807) is 29.5 Å². The van der Waals surface area contributed by atoms with Crippen molar-refractivity contribution in [3.63, 3.8) is 0 Å². The number of amides is 1. The zero-order valence-corrected chi connectivity index (χ0v) is 19.4. The standard InChI is InChI=1S/C20H22Cl2N4OS2/c1-3-5-15-9-13(11-28-15)19-24-25-20(26(19)8-4-2)29-12-18(27)23-14-6-7-16(21)17(22)10-14/h6-7,9-11H,3-5,8,12H2,1-2H3,(H,23,27). The fourth-order valence-corrected chi connectivity index (χ4v) is 4.84. The molecular formula is C20H22Cl2N4OS2. The molecule has 0 radical (unpaired) electrons. The summed E-state index contributed by atoms with van der Waals surface area (Å²) in [5, 5.41) is 15.3. The van der Waals surface area contributed by atoms with E-state index in [1.807, 2.05) is 0 Å². The Morgan fingerprint density at radius 2 is 2.00 bits per heavy atom. The van der Waals surface area contributed by atoms with Gasteiger partial charge in [0.1, 0.15) is 0 Å². The van der Waals surface area contributed by atoms with Crippen LogP contribution >= 0.6 is 46.3 Å². The van der Waals surface area contributed by atoms with E-state index < -0.39 is 0 Å². The van der Waals surface area contributed by atoms with Crippen LogP contribution in [0.15, 0.2) is 34.8 Å². The third kappa shape index (κ3) is 5.75. The zero-order valence-electron chi connectivity index (χ0n) is 16.2. The summed E-state index contributed by atoms with van der Waals surface area (Å²) >= 11 is 15.0. The van der Waals surface area contributed by atoms with Crippen LogP contribution in [0, 0.1) is 0 Å². The molecule has 0 fully saturated rings. The van der Waals surface area contributed by atoms with Gasteiger partial charge in [-0.15, -0.1) is 21.5 Å². The zero-order chi connectivity index (χ0) is 20.8. The number of aromatic nitrogens is 3. The maximum absolute atomic E-state index is 12.3. The molecule has 0 aliphatic rings. The van der Waals surface area contributed by atoms with Crippen molar-refractivity contribution in [1.29, 1.82) is 0 Å². The SMILES string of the molecule is CCCc1cc(-c2nnc(SCC(=O)Nc3ccc(Cl)c(Cl)c3)n2CCC)cs1. The summed E-state index contributed by atoms with van der Waals surface area (Å²) in [7, 11) is 0. The third-order valence-corrected chi connectivity index (χ3v) is 6.81. The lowest BCUT2D eigenvalue weighted by molar-refractivity contribution is -0.113. The molecule has 0 saturated heterocycles. The van der Waals surface area contributed by atoms with Crippen molar-refractivity contribution in [2.75, 3.05) is 11.1 Å². The summed E-state index contributed by atoms with van der Waals surface area (Å²) in [6.45, 7) is 5.10. The maximum Gasteiger partial charge on any atom is 0.234 e. The highest BCUT2D eigenvalue weighted by Crippen LogP contribution is 2.29. The second kappa shape index (κ2) is 10.5. The van der Waals surface area contributed by atoms with Crippen molar-refractivity contribution in [2.24, 2.45) is 0 Å². The predicted octanol–water partition coefficient (Wildman–Crippen LogP) is 6.41. The Bertz CT molecular complexity index is 987. The second-order valence-corrected chi connectivity index (χ2v) is 9.23. The number of halogens is 2. The fourth-order valence-electron chi connectivity index (χ4n) is 2.81. The minimum Gasteiger partial charge on any atom is -0.325 e. The summed E-state index contributed by atoms with van der Waals surface area (Å²) in [4.78, 5) is 13.7. The van der Waals surface area contributed by atoms with Crippen LogP contribution in [-0.4, -0.2) is 26.4 Å². The Hall–Kier alpha value is -1.54. The predicted molar refractivity (Wildman–Crippen MR) is 123 cm³/mol. The second-order valence-electron chi connectivity index (χ2n) is 6.48. The van der Waals surface area contributed by atoms with Crippen LogP contribution in [0.3, 0.4) is 0 Å². The van der Waals surface area contributed by atoms with Gasteiger partial charge >= 0.3 is 0 Å². The van der Waals surface area contributed by atoms with Gasteiger partial charge in [0, 0.05) is 28.1 Å². The van der Waals surface area contributed by atoms with E-state index in [4.69, 9.17) is 23.2 Å². The number of nitrogens with zero attached hydrogens (tertiary/aromatic N) is 3. The fraction of sp³-hybridized carbons (Fsp3) is 0.350. The Morgan fingerprint density at radius 1 is 1.17 bits per heavy atom. The van der Waals surface area contributed by atoms with Crippen LogP contribution in [-0.2, 0) is 17.8 Å². The largest absolute Gasteiger partial charge is 0.325 e. The summed E-state index contributed by atoms with van der Waals surface area (Å²) in [6.07, 6.45) is 3.15. The van der Waals surface area contributed by atoms with Gasteiger partial charge in [-0.1, -0.05) is 55.2 Å². The van der Waals surface area contributed by atoms with Crippen LogP contribution in [0.25, 0.3) is 11.4 Å². The first-order valence-electron chi connectivity index (χ1n) is 9.40. The number of carbonyl (C=O) groups is 1. The summed E-state index contributed by atoms with van der Waals surface area (Å²) in [6, 6.07) is 7.20. The molecule has 5 nitrogen and oxygen atoms in total. The van der Waals surface area contributed by atoms with Crippen molar-refractivity contribution in [2.45, 2.75) is 44.8 Å². The highest BCUT2D eigenvalue weighted by atomic mass is 35.5. The molecule has 2 heterocycles. The van der Waals surface area contributed by atoms with E-state index in [-0.39, 0.29) is 11.7 Å². The normalized spacial score (nSPS) is 11.0. The number of aryl methyl sites for hydroxylation is 1. The molecule has 1 amide bonds. The van der Waals surface area contributed by atoms with Crippen LogP contribution in [0.1, 0.15) is 31.6 Å². The summed E-state index contributed by atoms with van der Waals surface area (Å²) in [5.41, 5.74) is 1.70. The molecule has 154 valence electrons. The lowest BCUT2D eigenvalue weighted by Gasteiger charge is -2.09. The third-order valence-electron chi connectivity index (χ3n) is 4.11. The van der Waals surface area contributed by atoms with Gasteiger partial charge in [0.05, 0.1) is 15.8 Å². The molecule has 0 atom stereocenters. The smallest absolute Gasteiger partial charge is 0.234 e. The highest BCUT2D eigenvalue weighted by molar-refractivity contribution is 7.99. The number of anilines is 1. The van der Waals surface area contributed by atoms with Gasteiger partial charge in [0.2, 0.25) is 5.91 Å². The van der Waals surface area contributed by atoms with Crippen LogP contribution < -0.4 is 5.32 Å². The quantitative estimate of drug-likeness (QED) is 0.368. The number of benzene rings is 1. The molecule has 2 aromatic heterocycles. The first kappa shape index (κ1) is 22.2. The number of thioether (sulfide) groups is 1. The van der Waals surface area contributed by atoms with Crippen molar-refractivity contribution in [3.8, 4) is 11.4 Å². The van der Waals surface area contributed by atoms with Crippen molar-refractivity contribution >= 4 is 57.9 Å². The number of rotatable bonds is 9. The molecule has 0 aliphatic carbocycles. The lowest BCUT2D eigenvalue weighted by atomic mass is 10.2. The Morgan fingerprint density at radius 3 is 2.72 bits per heavy atom. The first-order chi connectivity index (χ1) is 14.0. The molecule has 0 spiro atoms. The van der Waals surface area contributed by atoms with E-state index in [1.165, 1.54) is 16.6 Å².